The maximum atomic E-state index is 10.6. The van der Waals surface area contributed by atoms with Crippen molar-refractivity contribution < 1.29 is 4.79 Å². The minimum atomic E-state index is 0.222. The summed E-state index contributed by atoms with van der Waals surface area (Å²) in [7, 11) is 4.78. The summed E-state index contributed by atoms with van der Waals surface area (Å²) in [5.41, 5.74) is 0. The van der Waals surface area contributed by atoms with E-state index in [1.807, 2.05) is 13.8 Å². The van der Waals surface area contributed by atoms with Gasteiger partial charge in [0.1, 0.15) is 0 Å². The van der Waals surface area contributed by atoms with E-state index in [4.69, 9.17) is 0 Å². The van der Waals surface area contributed by atoms with Crippen LogP contribution in [0.3, 0.4) is 0 Å². The molecule has 17 heavy (non-hydrogen) atoms. The van der Waals surface area contributed by atoms with Gasteiger partial charge in [0.2, 0.25) is 5.91 Å². The molecule has 2 saturated heterocycles. The van der Waals surface area contributed by atoms with Crippen molar-refractivity contribution in [2.45, 2.75) is 32.7 Å². The predicted octanol–water partition coefficient (Wildman–Crippen LogP) is 0.749. The smallest absolute Gasteiger partial charge is 0.225 e. The van der Waals surface area contributed by atoms with E-state index in [1.165, 1.54) is 6.42 Å². The van der Waals surface area contributed by atoms with E-state index < -0.39 is 0 Å². The van der Waals surface area contributed by atoms with Crippen LogP contribution in [0, 0.1) is 5.92 Å². The SMILES string of the molecule is CCC1C(=O)NC1C.PN=C(NP)N1CCC1. The van der Waals surface area contributed by atoms with E-state index >= 15 is 0 Å². The number of amides is 1. The number of carbonyl (C=O) groups is 1. The normalized spacial score (nSPS) is 27.2. The van der Waals surface area contributed by atoms with Crippen molar-refractivity contribution >= 4 is 30.6 Å². The Balaban J connectivity index is 0.000000171. The molecule has 2 N–H and O–H groups in total. The third-order valence-corrected chi connectivity index (χ3v) is 3.66. The van der Waals surface area contributed by atoms with Gasteiger partial charge < -0.3 is 15.3 Å². The van der Waals surface area contributed by atoms with E-state index in [2.05, 4.69) is 38.8 Å². The average molecular weight is 276 g/mol. The number of rotatable bonds is 1. The Kier molecular flexibility index (Phi) is 6.15. The second-order valence-electron chi connectivity index (χ2n) is 4.25. The first-order chi connectivity index (χ1) is 8.13. The van der Waals surface area contributed by atoms with Crippen LogP contribution in [0.4, 0.5) is 0 Å². The van der Waals surface area contributed by atoms with Crippen molar-refractivity contribution in [3.8, 4) is 0 Å². The van der Waals surface area contributed by atoms with E-state index in [0.29, 0.717) is 12.0 Å². The fraction of sp³-hybridized carbons (Fsp3) is 0.800. The lowest BCUT2D eigenvalue weighted by atomic mass is 9.90. The van der Waals surface area contributed by atoms with Gasteiger partial charge in [-0.05, 0) is 38.5 Å². The molecule has 0 spiro atoms. The Morgan fingerprint density at radius 3 is 2.41 bits per heavy atom. The molecule has 0 radical (unpaired) electrons. The Labute approximate surface area is 108 Å². The second-order valence-corrected chi connectivity index (χ2v) is 4.80. The number of β-lactam (4-membered cyclic amide) rings is 1. The molecule has 1 amide bonds. The highest BCUT2D eigenvalue weighted by Gasteiger charge is 2.33. The Bertz CT molecular complexity index is 294. The first kappa shape index (κ1) is 14.7. The molecule has 4 unspecified atom stereocenters. The zero-order valence-electron chi connectivity index (χ0n) is 10.4. The maximum Gasteiger partial charge on any atom is 0.225 e. The topological polar surface area (TPSA) is 56.7 Å². The fourth-order valence-electron chi connectivity index (χ4n) is 1.84. The molecule has 98 valence electrons. The van der Waals surface area contributed by atoms with E-state index in [0.717, 1.165) is 25.5 Å². The van der Waals surface area contributed by atoms with Gasteiger partial charge in [0, 0.05) is 19.1 Å². The van der Waals surface area contributed by atoms with Crippen LogP contribution in [-0.4, -0.2) is 35.9 Å². The number of hydrogen-bond acceptors (Lipinski definition) is 2. The summed E-state index contributed by atoms with van der Waals surface area (Å²) in [4.78, 5) is 12.7. The van der Waals surface area contributed by atoms with Crippen molar-refractivity contribution in [1.82, 2.24) is 15.3 Å². The van der Waals surface area contributed by atoms with Gasteiger partial charge in [-0.15, -0.1) is 0 Å². The van der Waals surface area contributed by atoms with Gasteiger partial charge in [0.25, 0.3) is 0 Å². The molecule has 7 heteroatoms. The maximum absolute atomic E-state index is 10.6. The highest BCUT2D eigenvalue weighted by atomic mass is 31.0. The van der Waals surface area contributed by atoms with Crippen LogP contribution < -0.4 is 10.4 Å². The number of hydrogen-bond donors (Lipinski definition) is 2. The second kappa shape index (κ2) is 7.13. The molecule has 2 fully saturated rings. The summed E-state index contributed by atoms with van der Waals surface area (Å²) < 4.78 is 3.96. The number of carbonyl (C=O) groups excluding carboxylic acids is 1. The van der Waals surface area contributed by atoms with Gasteiger partial charge in [-0.3, -0.25) is 4.79 Å². The molecule has 0 aromatic carbocycles. The third-order valence-electron chi connectivity index (χ3n) is 3.16. The number of nitrogens with zero attached hydrogens (tertiary/aromatic N) is 2. The van der Waals surface area contributed by atoms with Crippen LogP contribution in [0.5, 0.6) is 0 Å². The van der Waals surface area contributed by atoms with Gasteiger partial charge in [-0.25, -0.2) is 4.76 Å². The first-order valence-electron chi connectivity index (χ1n) is 5.93. The van der Waals surface area contributed by atoms with E-state index in [9.17, 15) is 4.79 Å². The molecule has 0 aromatic heterocycles. The van der Waals surface area contributed by atoms with Crippen molar-refractivity contribution in [3.63, 3.8) is 0 Å². The molecule has 2 heterocycles. The van der Waals surface area contributed by atoms with Gasteiger partial charge in [0.15, 0.2) is 5.96 Å². The van der Waals surface area contributed by atoms with E-state index in [1.54, 1.807) is 0 Å². The molecule has 0 saturated carbocycles. The van der Waals surface area contributed by atoms with Crippen molar-refractivity contribution in [2.75, 3.05) is 13.1 Å². The summed E-state index contributed by atoms with van der Waals surface area (Å²) in [6, 6.07) is 0.424. The van der Waals surface area contributed by atoms with Crippen LogP contribution in [0.1, 0.15) is 26.7 Å². The van der Waals surface area contributed by atoms with Crippen LogP contribution in [0.25, 0.3) is 0 Å². The third kappa shape index (κ3) is 3.79. The van der Waals surface area contributed by atoms with Gasteiger partial charge in [-0.1, -0.05) is 6.92 Å². The van der Waals surface area contributed by atoms with Crippen LogP contribution >= 0.6 is 18.8 Å². The van der Waals surface area contributed by atoms with Crippen molar-refractivity contribution in [1.29, 1.82) is 0 Å². The van der Waals surface area contributed by atoms with Gasteiger partial charge in [-0.2, -0.15) is 0 Å². The number of nitrogens with one attached hydrogen (secondary N) is 2. The molecule has 5 nitrogen and oxygen atoms in total. The molecule has 4 atom stereocenters. The molecule has 2 aliphatic heterocycles. The van der Waals surface area contributed by atoms with Crippen molar-refractivity contribution in [3.05, 3.63) is 0 Å². The Morgan fingerprint density at radius 2 is 2.29 bits per heavy atom. The largest absolute Gasteiger partial charge is 0.353 e. The quantitative estimate of drug-likeness (QED) is 0.321. The van der Waals surface area contributed by atoms with Gasteiger partial charge >= 0.3 is 0 Å². The van der Waals surface area contributed by atoms with E-state index in [-0.39, 0.29) is 5.91 Å². The molecule has 0 aromatic rings. The summed E-state index contributed by atoms with van der Waals surface area (Å²) in [5, 5.41) is 5.69. The van der Waals surface area contributed by atoms with Crippen LogP contribution in [0.15, 0.2) is 4.76 Å². The zero-order valence-corrected chi connectivity index (χ0v) is 12.7. The molecular weight excluding hydrogens is 254 g/mol. The summed E-state index contributed by atoms with van der Waals surface area (Å²) in [5.74, 6) is 1.46. The summed E-state index contributed by atoms with van der Waals surface area (Å²) in [6.07, 6.45) is 2.27. The van der Waals surface area contributed by atoms with Crippen LogP contribution in [-0.2, 0) is 4.79 Å². The Hall–Kier alpha value is -0.400. The van der Waals surface area contributed by atoms with Crippen LogP contribution in [0.2, 0.25) is 0 Å². The highest BCUT2D eigenvalue weighted by molar-refractivity contribution is 7.17. The summed E-state index contributed by atoms with van der Waals surface area (Å²) >= 11 is 0. The first-order valence-corrected chi connectivity index (χ1v) is 7.03. The number of guanidine groups is 1. The Morgan fingerprint density at radius 1 is 1.65 bits per heavy atom. The molecule has 2 rings (SSSR count). The molecular formula is C10H22N4OP2. The van der Waals surface area contributed by atoms with Crippen molar-refractivity contribution in [2.24, 2.45) is 10.7 Å². The molecule has 2 aliphatic rings. The lowest BCUT2D eigenvalue weighted by Crippen LogP contribution is -2.55. The highest BCUT2D eigenvalue weighted by Crippen LogP contribution is 2.16. The van der Waals surface area contributed by atoms with Gasteiger partial charge in [0.05, 0.1) is 5.92 Å². The predicted molar refractivity (Wildman–Crippen MR) is 77.6 cm³/mol. The minimum Gasteiger partial charge on any atom is -0.353 e. The zero-order chi connectivity index (χ0) is 12.8. The monoisotopic (exact) mass is 276 g/mol. The summed E-state index contributed by atoms with van der Waals surface area (Å²) in [6.45, 7) is 6.35. The standard InChI is InChI=1S/C6H11NO.C4H11N3P2/c1-3-5-4(2)7-6(5)8;8-5-4(6-9)7-2-1-3-7/h4-5H,3H2,1-2H3,(H,7,8);1-3,8-9H2,(H,5,6). The number of likely N-dealkylation sites (tertiary alicyclic amines) is 1. The molecule has 0 bridgehead atoms. The lowest BCUT2D eigenvalue weighted by Gasteiger charge is -2.33. The molecule has 0 aliphatic carbocycles. The minimum absolute atomic E-state index is 0.222. The fourth-order valence-corrected chi connectivity index (χ4v) is 2.48. The average Bonchev–Trinajstić information content (AvgIpc) is 2.24. The lowest BCUT2D eigenvalue weighted by molar-refractivity contribution is -0.134.